The van der Waals surface area contributed by atoms with Crippen LogP contribution in [0.4, 0.5) is 0 Å². The van der Waals surface area contributed by atoms with Crippen molar-refractivity contribution in [2.45, 2.75) is 19.1 Å². The summed E-state index contributed by atoms with van der Waals surface area (Å²) in [5, 5.41) is 8.58. The van der Waals surface area contributed by atoms with Crippen LogP contribution in [-0.4, -0.2) is 16.0 Å². The van der Waals surface area contributed by atoms with Gasteiger partial charge in [-0.25, -0.2) is 0 Å². The second kappa shape index (κ2) is 4.49. The number of aromatic nitrogens is 2. The minimum absolute atomic E-state index is 0.589. The Morgan fingerprint density at radius 1 is 1.20 bits per heavy atom. The van der Waals surface area contributed by atoms with E-state index < -0.39 is 0 Å². The van der Waals surface area contributed by atoms with Gasteiger partial charge in [-0.3, -0.25) is 0 Å². The summed E-state index contributed by atoms with van der Waals surface area (Å²) < 4.78 is 5.49. The lowest BCUT2D eigenvalue weighted by molar-refractivity contribution is 0.466. The summed E-state index contributed by atoms with van der Waals surface area (Å²) in [5.41, 5.74) is 2.19. The monoisotopic (exact) mass is 220 g/mol. The van der Waals surface area contributed by atoms with Crippen molar-refractivity contribution in [3.05, 3.63) is 29.8 Å². The Hall–Kier alpha value is -1.29. The number of aryl methyl sites for hydroxylation is 1. The number of rotatable bonds is 3. The van der Waals surface area contributed by atoms with Crippen LogP contribution >= 0.6 is 11.8 Å². The van der Waals surface area contributed by atoms with Crippen molar-refractivity contribution in [3.63, 3.8) is 0 Å². The smallest absolute Gasteiger partial charge is 0.276 e. The zero-order valence-electron chi connectivity index (χ0n) is 8.73. The van der Waals surface area contributed by atoms with Crippen molar-refractivity contribution in [3.8, 4) is 11.5 Å². The molecule has 4 heteroatoms. The van der Waals surface area contributed by atoms with Gasteiger partial charge < -0.3 is 4.42 Å². The molecule has 0 radical (unpaired) electrons. The summed E-state index contributed by atoms with van der Waals surface area (Å²) in [4.78, 5) is 0. The van der Waals surface area contributed by atoms with E-state index in [-0.39, 0.29) is 0 Å². The lowest BCUT2D eigenvalue weighted by atomic mass is 10.1. The summed E-state index contributed by atoms with van der Waals surface area (Å²) in [6.07, 6.45) is 0. The minimum atomic E-state index is 0.589. The molecular formula is C11H12N2OS. The van der Waals surface area contributed by atoms with Gasteiger partial charge in [-0.05, 0) is 24.8 Å². The van der Waals surface area contributed by atoms with E-state index in [2.05, 4.69) is 24.0 Å². The molecule has 0 N–H and O–H groups in total. The van der Waals surface area contributed by atoms with Gasteiger partial charge in [-0.15, -0.1) is 10.2 Å². The quantitative estimate of drug-likeness (QED) is 0.745. The molecule has 0 saturated heterocycles. The van der Waals surface area contributed by atoms with Crippen molar-refractivity contribution in [2.24, 2.45) is 0 Å². The molecular weight excluding hydrogens is 208 g/mol. The zero-order chi connectivity index (χ0) is 10.7. The third kappa shape index (κ3) is 2.39. The molecule has 1 aromatic heterocycles. The molecule has 0 aliphatic heterocycles. The Balaban J connectivity index is 2.25. The molecule has 0 spiro atoms. The molecule has 78 valence electrons. The highest BCUT2D eigenvalue weighted by Gasteiger charge is 2.07. The second-order valence-electron chi connectivity index (χ2n) is 3.17. The average molecular weight is 220 g/mol. The fourth-order valence-corrected chi connectivity index (χ4v) is 1.69. The third-order valence-electron chi connectivity index (χ3n) is 1.97. The molecule has 0 atom stereocenters. The van der Waals surface area contributed by atoms with Gasteiger partial charge in [0.25, 0.3) is 5.22 Å². The number of benzene rings is 1. The van der Waals surface area contributed by atoms with Crippen molar-refractivity contribution >= 4 is 11.8 Å². The molecule has 3 nitrogen and oxygen atoms in total. The number of hydrogen-bond acceptors (Lipinski definition) is 4. The Morgan fingerprint density at radius 2 is 1.93 bits per heavy atom. The number of nitrogens with zero attached hydrogens (tertiary/aromatic N) is 2. The van der Waals surface area contributed by atoms with Crippen molar-refractivity contribution < 1.29 is 4.42 Å². The highest BCUT2D eigenvalue weighted by molar-refractivity contribution is 7.99. The van der Waals surface area contributed by atoms with Crippen LogP contribution in [0.2, 0.25) is 0 Å². The molecule has 0 aliphatic carbocycles. The molecule has 0 aliphatic rings. The minimum Gasteiger partial charge on any atom is -0.411 e. The molecule has 0 fully saturated rings. The third-order valence-corrected chi connectivity index (χ3v) is 2.67. The summed E-state index contributed by atoms with van der Waals surface area (Å²) in [6.45, 7) is 4.11. The van der Waals surface area contributed by atoms with Gasteiger partial charge in [0.2, 0.25) is 5.89 Å². The van der Waals surface area contributed by atoms with Crippen molar-refractivity contribution in [2.75, 3.05) is 5.75 Å². The molecule has 0 bridgehead atoms. The van der Waals surface area contributed by atoms with Crippen LogP contribution < -0.4 is 0 Å². The maximum atomic E-state index is 5.49. The molecule has 2 aromatic rings. The lowest BCUT2D eigenvalue weighted by Crippen LogP contribution is -1.77. The van der Waals surface area contributed by atoms with Gasteiger partial charge in [0, 0.05) is 5.56 Å². The Bertz CT molecular complexity index is 436. The molecule has 0 amide bonds. The predicted molar refractivity (Wildman–Crippen MR) is 60.9 cm³/mol. The van der Waals surface area contributed by atoms with Gasteiger partial charge in [0.15, 0.2) is 0 Å². The molecule has 1 aromatic carbocycles. The van der Waals surface area contributed by atoms with Gasteiger partial charge in [0.1, 0.15) is 0 Å². The fraction of sp³-hybridized carbons (Fsp3) is 0.273. The van der Waals surface area contributed by atoms with Crippen molar-refractivity contribution in [1.29, 1.82) is 0 Å². The molecule has 15 heavy (non-hydrogen) atoms. The van der Waals surface area contributed by atoms with Crippen LogP contribution in [0.1, 0.15) is 12.5 Å². The normalized spacial score (nSPS) is 10.5. The molecule has 0 unspecified atom stereocenters. The van der Waals surface area contributed by atoms with Crippen LogP contribution in [0.25, 0.3) is 11.5 Å². The fourth-order valence-electron chi connectivity index (χ4n) is 1.20. The van der Waals surface area contributed by atoms with E-state index in [0.717, 1.165) is 11.3 Å². The highest BCUT2D eigenvalue weighted by atomic mass is 32.2. The van der Waals surface area contributed by atoms with Crippen LogP contribution in [0.15, 0.2) is 33.9 Å². The Kier molecular flexibility index (Phi) is 3.06. The van der Waals surface area contributed by atoms with E-state index in [1.165, 1.54) is 5.56 Å². The average Bonchev–Trinajstić information content (AvgIpc) is 2.68. The number of thioether (sulfide) groups is 1. The van der Waals surface area contributed by atoms with Crippen LogP contribution in [0.5, 0.6) is 0 Å². The summed E-state index contributed by atoms with van der Waals surface area (Å²) >= 11 is 1.55. The predicted octanol–water partition coefficient (Wildman–Crippen LogP) is 3.16. The first-order valence-electron chi connectivity index (χ1n) is 4.83. The summed E-state index contributed by atoms with van der Waals surface area (Å²) in [7, 11) is 0. The van der Waals surface area contributed by atoms with E-state index in [1.807, 2.05) is 24.3 Å². The van der Waals surface area contributed by atoms with Gasteiger partial charge >= 0.3 is 0 Å². The van der Waals surface area contributed by atoms with E-state index in [4.69, 9.17) is 4.42 Å². The second-order valence-corrected chi connectivity index (χ2v) is 4.39. The molecule has 2 rings (SSSR count). The largest absolute Gasteiger partial charge is 0.411 e. The SMILES string of the molecule is CCSc1nnc(-c2ccc(C)cc2)o1. The standard InChI is InChI=1S/C11H12N2OS/c1-3-15-11-13-12-10(14-11)9-6-4-8(2)5-7-9/h4-7H,3H2,1-2H3. The van der Waals surface area contributed by atoms with Crippen LogP contribution in [-0.2, 0) is 0 Å². The van der Waals surface area contributed by atoms with Gasteiger partial charge in [-0.1, -0.05) is 36.4 Å². The van der Waals surface area contributed by atoms with E-state index >= 15 is 0 Å². The summed E-state index contributed by atoms with van der Waals surface area (Å²) in [5.74, 6) is 1.53. The maximum absolute atomic E-state index is 5.49. The Labute approximate surface area is 92.9 Å². The topological polar surface area (TPSA) is 38.9 Å². The first kappa shape index (κ1) is 10.2. The van der Waals surface area contributed by atoms with Crippen molar-refractivity contribution in [1.82, 2.24) is 10.2 Å². The first-order chi connectivity index (χ1) is 7.29. The van der Waals surface area contributed by atoms with Crippen LogP contribution in [0, 0.1) is 6.92 Å². The highest BCUT2D eigenvalue weighted by Crippen LogP contribution is 2.22. The molecule has 1 heterocycles. The lowest BCUT2D eigenvalue weighted by Gasteiger charge is -1.94. The van der Waals surface area contributed by atoms with Crippen LogP contribution in [0.3, 0.4) is 0 Å². The molecule has 0 saturated carbocycles. The van der Waals surface area contributed by atoms with E-state index in [9.17, 15) is 0 Å². The zero-order valence-corrected chi connectivity index (χ0v) is 9.54. The number of hydrogen-bond donors (Lipinski definition) is 0. The van der Waals surface area contributed by atoms with Gasteiger partial charge in [0.05, 0.1) is 0 Å². The van der Waals surface area contributed by atoms with E-state index in [1.54, 1.807) is 11.8 Å². The maximum Gasteiger partial charge on any atom is 0.276 e. The van der Waals surface area contributed by atoms with Gasteiger partial charge in [-0.2, -0.15) is 0 Å². The summed E-state index contributed by atoms with van der Waals surface area (Å²) in [6, 6.07) is 8.05. The van der Waals surface area contributed by atoms with E-state index in [0.29, 0.717) is 11.1 Å². The Morgan fingerprint density at radius 3 is 2.60 bits per heavy atom. The first-order valence-corrected chi connectivity index (χ1v) is 5.81.